The fourth-order valence-corrected chi connectivity index (χ4v) is 2.56. The van der Waals surface area contributed by atoms with Crippen LogP contribution in [0.1, 0.15) is 36.7 Å². The summed E-state index contributed by atoms with van der Waals surface area (Å²) in [5.41, 5.74) is 2.65. The van der Waals surface area contributed by atoms with Gasteiger partial charge in [-0.3, -0.25) is 9.88 Å². The van der Waals surface area contributed by atoms with Gasteiger partial charge in [0.2, 0.25) is 0 Å². The molecule has 0 aliphatic heterocycles. The Morgan fingerprint density at radius 1 is 1.04 bits per heavy atom. The van der Waals surface area contributed by atoms with E-state index in [4.69, 9.17) is 4.74 Å². The van der Waals surface area contributed by atoms with E-state index in [9.17, 15) is 5.11 Å². The highest BCUT2D eigenvalue weighted by molar-refractivity contribution is 5.43. The third-order valence-corrected chi connectivity index (χ3v) is 4.00. The van der Waals surface area contributed by atoms with Gasteiger partial charge < -0.3 is 9.84 Å². The second kappa shape index (κ2) is 9.07. The molecule has 1 atom stereocenters. The molecule has 126 valence electrons. The summed E-state index contributed by atoms with van der Waals surface area (Å²) >= 11 is 0. The van der Waals surface area contributed by atoms with Crippen molar-refractivity contribution in [2.24, 2.45) is 0 Å². The second-order valence-corrected chi connectivity index (χ2v) is 5.37. The summed E-state index contributed by atoms with van der Waals surface area (Å²) in [6.45, 7) is 5.98. The minimum atomic E-state index is -0.0661. The van der Waals surface area contributed by atoms with Gasteiger partial charge in [0.15, 0.2) is 0 Å². The van der Waals surface area contributed by atoms with Gasteiger partial charge in [0.25, 0.3) is 0 Å². The van der Waals surface area contributed by atoms with Crippen LogP contribution in [0.3, 0.4) is 0 Å². The van der Waals surface area contributed by atoms with Gasteiger partial charge in [-0.05, 0) is 49.5 Å². The van der Waals surface area contributed by atoms with Crippen LogP contribution in [0, 0.1) is 11.8 Å². The molecule has 24 heavy (non-hydrogen) atoms. The Balaban J connectivity index is 2.13. The van der Waals surface area contributed by atoms with Crippen molar-refractivity contribution in [3.05, 3.63) is 59.4 Å². The SMILES string of the molecule is CCN(CC)C(CO)c1ccc(C#Cc2ccc(OC)cc2)cn1. The maximum absolute atomic E-state index is 9.66. The molecule has 0 saturated carbocycles. The number of hydrogen-bond acceptors (Lipinski definition) is 4. The molecule has 1 aromatic heterocycles. The molecule has 0 aliphatic carbocycles. The predicted molar refractivity (Wildman–Crippen MR) is 96.0 cm³/mol. The molecule has 4 heteroatoms. The number of ether oxygens (including phenoxy) is 1. The van der Waals surface area contributed by atoms with Crippen LogP contribution in [0.4, 0.5) is 0 Å². The van der Waals surface area contributed by atoms with Crippen molar-refractivity contribution in [2.45, 2.75) is 19.9 Å². The lowest BCUT2D eigenvalue weighted by Crippen LogP contribution is -2.31. The largest absolute Gasteiger partial charge is 0.497 e. The molecule has 4 nitrogen and oxygen atoms in total. The van der Waals surface area contributed by atoms with E-state index >= 15 is 0 Å². The Labute approximate surface area is 144 Å². The molecule has 0 radical (unpaired) electrons. The first-order valence-corrected chi connectivity index (χ1v) is 8.18. The van der Waals surface area contributed by atoms with E-state index in [0.29, 0.717) is 0 Å². The highest BCUT2D eigenvalue weighted by Gasteiger charge is 2.17. The lowest BCUT2D eigenvalue weighted by molar-refractivity contribution is 0.131. The van der Waals surface area contributed by atoms with Crippen molar-refractivity contribution in [2.75, 3.05) is 26.8 Å². The molecular formula is C20H24N2O2. The molecule has 1 aromatic carbocycles. The number of hydrogen-bond donors (Lipinski definition) is 1. The van der Waals surface area contributed by atoms with Crippen LogP contribution in [0.5, 0.6) is 5.75 Å². The molecular weight excluding hydrogens is 300 g/mol. The standard InChI is InChI=1S/C20H24N2O2/c1-4-22(5-2)20(15-23)19-13-10-17(14-21-19)7-6-16-8-11-18(24-3)12-9-16/h8-14,20,23H,4-5,15H2,1-3H3. The second-order valence-electron chi connectivity index (χ2n) is 5.37. The Morgan fingerprint density at radius 3 is 2.17 bits per heavy atom. The van der Waals surface area contributed by atoms with Crippen LogP contribution >= 0.6 is 0 Å². The van der Waals surface area contributed by atoms with Gasteiger partial charge in [-0.1, -0.05) is 25.7 Å². The summed E-state index contributed by atoms with van der Waals surface area (Å²) < 4.78 is 5.13. The van der Waals surface area contributed by atoms with E-state index in [1.54, 1.807) is 13.3 Å². The Kier molecular flexibility index (Phi) is 6.80. The predicted octanol–water partition coefficient (Wildman–Crippen LogP) is 2.87. The van der Waals surface area contributed by atoms with E-state index in [1.165, 1.54) is 0 Å². The summed E-state index contributed by atoms with van der Waals surface area (Å²) in [4.78, 5) is 6.67. The first-order valence-electron chi connectivity index (χ1n) is 8.18. The summed E-state index contributed by atoms with van der Waals surface area (Å²) in [6, 6.07) is 11.5. The monoisotopic (exact) mass is 324 g/mol. The lowest BCUT2D eigenvalue weighted by atomic mass is 10.1. The van der Waals surface area contributed by atoms with Crippen molar-refractivity contribution in [1.29, 1.82) is 0 Å². The first kappa shape index (κ1) is 18.0. The fourth-order valence-electron chi connectivity index (χ4n) is 2.56. The minimum Gasteiger partial charge on any atom is -0.497 e. The van der Waals surface area contributed by atoms with Crippen LogP contribution < -0.4 is 4.74 Å². The Hall–Kier alpha value is -2.35. The van der Waals surface area contributed by atoms with Gasteiger partial charge in [-0.25, -0.2) is 0 Å². The van der Waals surface area contributed by atoms with Gasteiger partial charge >= 0.3 is 0 Å². The lowest BCUT2D eigenvalue weighted by Gasteiger charge is -2.27. The molecule has 2 aromatic rings. The maximum Gasteiger partial charge on any atom is 0.118 e. The molecule has 1 unspecified atom stereocenters. The maximum atomic E-state index is 9.66. The third-order valence-electron chi connectivity index (χ3n) is 4.00. The van der Waals surface area contributed by atoms with E-state index in [-0.39, 0.29) is 12.6 Å². The number of pyridine rings is 1. The topological polar surface area (TPSA) is 45.6 Å². The van der Waals surface area contributed by atoms with E-state index in [0.717, 1.165) is 35.7 Å². The molecule has 1 heterocycles. The summed E-state index contributed by atoms with van der Waals surface area (Å²) in [5, 5.41) is 9.66. The highest BCUT2D eigenvalue weighted by atomic mass is 16.5. The van der Waals surface area contributed by atoms with Crippen LogP contribution in [0.15, 0.2) is 42.6 Å². The quantitative estimate of drug-likeness (QED) is 0.830. The fraction of sp³-hybridized carbons (Fsp3) is 0.350. The summed E-state index contributed by atoms with van der Waals surface area (Å²) in [7, 11) is 1.64. The normalized spacial score (nSPS) is 11.7. The number of methoxy groups -OCH3 is 1. The molecule has 0 bridgehead atoms. The zero-order valence-electron chi connectivity index (χ0n) is 14.5. The van der Waals surface area contributed by atoms with Gasteiger partial charge in [0.1, 0.15) is 5.75 Å². The van der Waals surface area contributed by atoms with Gasteiger partial charge in [0, 0.05) is 17.3 Å². The number of likely N-dealkylation sites (N-methyl/N-ethyl adjacent to an activating group) is 1. The average molecular weight is 324 g/mol. The van der Waals surface area contributed by atoms with E-state index in [1.807, 2.05) is 36.4 Å². The number of aromatic nitrogens is 1. The van der Waals surface area contributed by atoms with Crippen LogP contribution in [-0.4, -0.2) is 41.8 Å². The van der Waals surface area contributed by atoms with Crippen molar-refractivity contribution >= 4 is 0 Å². The summed E-state index contributed by atoms with van der Waals surface area (Å²) in [5.74, 6) is 7.04. The zero-order chi connectivity index (χ0) is 17.4. The smallest absolute Gasteiger partial charge is 0.118 e. The van der Waals surface area contributed by atoms with Gasteiger partial charge in [0.05, 0.1) is 25.5 Å². The third kappa shape index (κ3) is 4.58. The van der Waals surface area contributed by atoms with Gasteiger partial charge in [-0.15, -0.1) is 0 Å². The van der Waals surface area contributed by atoms with Crippen molar-refractivity contribution in [3.63, 3.8) is 0 Å². The van der Waals surface area contributed by atoms with Gasteiger partial charge in [-0.2, -0.15) is 0 Å². The van der Waals surface area contributed by atoms with E-state index < -0.39 is 0 Å². The van der Waals surface area contributed by atoms with Crippen molar-refractivity contribution < 1.29 is 9.84 Å². The summed E-state index contributed by atoms with van der Waals surface area (Å²) in [6.07, 6.45) is 1.76. The number of aliphatic hydroxyl groups excluding tert-OH is 1. The van der Waals surface area contributed by atoms with Crippen LogP contribution in [0.25, 0.3) is 0 Å². The highest BCUT2D eigenvalue weighted by Crippen LogP contribution is 2.18. The Bertz CT molecular complexity index is 680. The number of rotatable bonds is 6. The molecule has 2 rings (SSSR count). The minimum absolute atomic E-state index is 0.0611. The molecule has 0 spiro atoms. The zero-order valence-corrected chi connectivity index (χ0v) is 14.5. The van der Waals surface area contributed by atoms with Crippen LogP contribution in [0.2, 0.25) is 0 Å². The van der Waals surface area contributed by atoms with Crippen LogP contribution in [-0.2, 0) is 0 Å². The van der Waals surface area contributed by atoms with Crippen molar-refractivity contribution in [3.8, 4) is 17.6 Å². The first-order chi connectivity index (χ1) is 11.7. The molecule has 0 saturated heterocycles. The van der Waals surface area contributed by atoms with Crippen molar-refractivity contribution in [1.82, 2.24) is 9.88 Å². The number of nitrogens with zero attached hydrogens (tertiary/aromatic N) is 2. The molecule has 0 fully saturated rings. The molecule has 0 aliphatic rings. The molecule has 1 N–H and O–H groups in total. The van der Waals surface area contributed by atoms with E-state index in [2.05, 4.69) is 35.6 Å². The average Bonchev–Trinajstić information content (AvgIpc) is 2.65. The number of benzene rings is 1. The molecule has 0 amide bonds. The number of aliphatic hydroxyl groups is 1. The Morgan fingerprint density at radius 2 is 1.67 bits per heavy atom.